The van der Waals surface area contributed by atoms with E-state index >= 15 is 0 Å². The van der Waals surface area contributed by atoms with Gasteiger partial charge in [0.2, 0.25) is 0 Å². The first-order valence-electron chi connectivity index (χ1n) is 14.8. The molecule has 1 saturated heterocycles. The molecular weight excluding hydrogens is 534 g/mol. The standard InChI is InChI=1S/C30H26N4O2.C6H13N/c31-19-28-32-29(24-13-7-15-26(17-24)35-20-22-9-3-1-4-10-22)34-30(33-28)25-14-8-16-27(18-25)36-21-23-11-5-2-6-12-23;1-6-4-3-5-7(6)2/h1-18H,19-21,31H2;6H,3-5H2,1-2H3. The van der Waals surface area contributed by atoms with Gasteiger partial charge in [-0.15, -0.1) is 0 Å². The zero-order chi connectivity index (χ0) is 29.9. The monoisotopic (exact) mass is 573 g/mol. The Labute approximate surface area is 254 Å². The molecule has 0 radical (unpaired) electrons. The summed E-state index contributed by atoms with van der Waals surface area (Å²) in [4.78, 5) is 16.3. The van der Waals surface area contributed by atoms with Gasteiger partial charge in [-0.25, -0.2) is 15.0 Å². The highest BCUT2D eigenvalue weighted by molar-refractivity contribution is 5.63. The van der Waals surface area contributed by atoms with Gasteiger partial charge in [-0.05, 0) is 68.8 Å². The van der Waals surface area contributed by atoms with Crippen molar-refractivity contribution in [2.24, 2.45) is 5.73 Å². The van der Waals surface area contributed by atoms with Crippen LogP contribution in [0.3, 0.4) is 0 Å². The minimum absolute atomic E-state index is 0.205. The number of aromatic nitrogens is 3. The molecule has 1 aromatic heterocycles. The fourth-order valence-electron chi connectivity index (χ4n) is 4.78. The van der Waals surface area contributed by atoms with Gasteiger partial charge < -0.3 is 20.1 Å². The van der Waals surface area contributed by atoms with Gasteiger partial charge in [0.15, 0.2) is 11.6 Å². The van der Waals surface area contributed by atoms with E-state index in [1.807, 2.05) is 109 Å². The van der Waals surface area contributed by atoms with Crippen molar-refractivity contribution in [3.8, 4) is 34.3 Å². The number of nitrogens with zero attached hydrogens (tertiary/aromatic N) is 4. The smallest absolute Gasteiger partial charge is 0.163 e. The largest absolute Gasteiger partial charge is 0.489 e. The van der Waals surface area contributed by atoms with E-state index in [2.05, 4.69) is 28.8 Å². The van der Waals surface area contributed by atoms with Crippen LogP contribution in [0.1, 0.15) is 36.7 Å². The molecule has 43 heavy (non-hydrogen) atoms. The van der Waals surface area contributed by atoms with Crippen LogP contribution in [0.15, 0.2) is 109 Å². The van der Waals surface area contributed by atoms with Gasteiger partial charge in [-0.3, -0.25) is 0 Å². The summed E-state index contributed by atoms with van der Waals surface area (Å²) in [6, 6.07) is 36.4. The van der Waals surface area contributed by atoms with Crippen LogP contribution in [0.25, 0.3) is 22.8 Å². The Morgan fingerprint density at radius 2 is 1.21 bits per heavy atom. The number of rotatable bonds is 9. The van der Waals surface area contributed by atoms with Crippen molar-refractivity contribution in [3.63, 3.8) is 0 Å². The Morgan fingerprint density at radius 3 is 1.60 bits per heavy atom. The van der Waals surface area contributed by atoms with Crippen LogP contribution in [0, 0.1) is 0 Å². The van der Waals surface area contributed by atoms with Crippen LogP contribution in [0.5, 0.6) is 11.5 Å². The lowest BCUT2D eigenvalue weighted by Crippen LogP contribution is -2.20. The van der Waals surface area contributed by atoms with E-state index in [9.17, 15) is 0 Å². The molecule has 220 valence electrons. The fourth-order valence-corrected chi connectivity index (χ4v) is 4.78. The predicted octanol–water partition coefficient (Wildman–Crippen LogP) is 6.92. The molecule has 0 bridgehead atoms. The normalized spacial score (nSPS) is 14.5. The Kier molecular flexibility index (Phi) is 10.5. The third-order valence-electron chi connectivity index (χ3n) is 7.43. The topological polar surface area (TPSA) is 86.4 Å². The average molecular weight is 574 g/mol. The molecule has 0 saturated carbocycles. The van der Waals surface area contributed by atoms with Crippen molar-refractivity contribution in [1.82, 2.24) is 19.9 Å². The summed E-state index contributed by atoms with van der Waals surface area (Å²) >= 11 is 0. The van der Waals surface area contributed by atoms with E-state index in [0.29, 0.717) is 30.7 Å². The summed E-state index contributed by atoms with van der Waals surface area (Å²) in [6.45, 7) is 4.76. The number of likely N-dealkylation sites (tertiary alicyclic amines) is 1. The van der Waals surface area contributed by atoms with Gasteiger partial charge in [0.05, 0.1) is 6.54 Å². The molecule has 7 nitrogen and oxygen atoms in total. The molecule has 1 aliphatic rings. The highest BCUT2D eigenvalue weighted by Crippen LogP contribution is 2.26. The molecule has 2 heterocycles. The Balaban J connectivity index is 0.000000463. The number of hydrogen-bond donors (Lipinski definition) is 1. The molecule has 4 aromatic carbocycles. The first-order valence-corrected chi connectivity index (χ1v) is 14.8. The minimum Gasteiger partial charge on any atom is -0.489 e. The number of hydrogen-bond acceptors (Lipinski definition) is 7. The maximum absolute atomic E-state index is 5.99. The van der Waals surface area contributed by atoms with Crippen LogP contribution in [0.4, 0.5) is 0 Å². The molecule has 1 atom stereocenters. The molecule has 5 aromatic rings. The fraction of sp³-hybridized carbons (Fsp3) is 0.250. The van der Waals surface area contributed by atoms with Crippen molar-refractivity contribution in [2.75, 3.05) is 13.6 Å². The molecule has 0 spiro atoms. The molecule has 1 fully saturated rings. The summed E-state index contributed by atoms with van der Waals surface area (Å²) < 4.78 is 12.0. The molecule has 1 unspecified atom stereocenters. The highest BCUT2D eigenvalue weighted by Gasteiger charge is 2.14. The molecule has 6 rings (SSSR count). The van der Waals surface area contributed by atoms with E-state index in [1.165, 1.54) is 19.4 Å². The zero-order valence-electron chi connectivity index (χ0n) is 24.9. The number of ether oxygens (including phenoxy) is 2. The van der Waals surface area contributed by atoms with E-state index in [4.69, 9.17) is 20.2 Å². The van der Waals surface area contributed by atoms with Crippen LogP contribution in [0.2, 0.25) is 0 Å². The molecular formula is C36H39N5O2. The first-order chi connectivity index (χ1) is 21.1. The second kappa shape index (κ2) is 15.0. The van der Waals surface area contributed by atoms with E-state index in [0.717, 1.165) is 39.8 Å². The van der Waals surface area contributed by atoms with Crippen LogP contribution in [-0.2, 0) is 19.8 Å². The second-order valence-corrected chi connectivity index (χ2v) is 10.7. The SMILES string of the molecule is CC1CCCN1C.NCc1nc(-c2cccc(OCc3ccccc3)c2)nc(-c2cccc(OCc3ccccc3)c2)n1. The van der Waals surface area contributed by atoms with Gasteiger partial charge in [0, 0.05) is 17.2 Å². The predicted molar refractivity (Wildman–Crippen MR) is 171 cm³/mol. The van der Waals surface area contributed by atoms with E-state index in [1.54, 1.807) is 0 Å². The molecule has 2 N–H and O–H groups in total. The summed E-state index contributed by atoms with van der Waals surface area (Å²) in [6.07, 6.45) is 2.80. The Hall–Kier alpha value is -4.59. The number of benzene rings is 4. The van der Waals surface area contributed by atoms with Crippen LogP contribution in [-0.4, -0.2) is 39.5 Å². The van der Waals surface area contributed by atoms with E-state index < -0.39 is 0 Å². The van der Waals surface area contributed by atoms with Crippen molar-refractivity contribution < 1.29 is 9.47 Å². The lowest BCUT2D eigenvalue weighted by atomic mass is 10.1. The first kappa shape index (κ1) is 29.9. The minimum atomic E-state index is 0.205. The van der Waals surface area contributed by atoms with Gasteiger partial charge >= 0.3 is 0 Å². The maximum atomic E-state index is 5.99. The summed E-state index contributed by atoms with van der Waals surface area (Å²) in [5.74, 6) is 3.08. The summed E-state index contributed by atoms with van der Waals surface area (Å²) in [7, 11) is 2.19. The Bertz CT molecular complexity index is 1470. The summed E-state index contributed by atoms with van der Waals surface area (Å²) in [5.41, 5.74) is 9.79. The molecule has 0 amide bonds. The highest BCUT2D eigenvalue weighted by atomic mass is 16.5. The van der Waals surface area contributed by atoms with Gasteiger partial charge in [0.25, 0.3) is 0 Å². The number of nitrogens with two attached hydrogens (primary N) is 1. The third kappa shape index (κ3) is 8.70. The zero-order valence-corrected chi connectivity index (χ0v) is 24.9. The van der Waals surface area contributed by atoms with Gasteiger partial charge in [-0.1, -0.05) is 84.9 Å². The quantitative estimate of drug-likeness (QED) is 0.205. The van der Waals surface area contributed by atoms with Gasteiger partial charge in [0.1, 0.15) is 30.5 Å². The third-order valence-corrected chi connectivity index (χ3v) is 7.43. The van der Waals surface area contributed by atoms with Crippen molar-refractivity contribution in [3.05, 3.63) is 126 Å². The molecule has 7 heteroatoms. The van der Waals surface area contributed by atoms with Crippen LogP contribution >= 0.6 is 0 Å². The lowest BCUT2D eigenvalue weighted by Gasteiger charge is -2.12. The van der Waals surface area contributed by atoms with Crippen molar-refractivity contribution in [2.45, 2.75) is 45.6 Å². The van der Waals surface area contributed by atoms with Gasteiger partial charge in [-0.2, -0.15) is 0 Å². The Morgan fingerprint density at radius 1 is 0.698 bits per heavy atom. The second-order valence-electron chi connectivity index (χ2n) is 10.7. The van der Waals surface area contributed by atoms with Crippen molar-refractivity contribution >= 4 is 0 Å². The molecule has 1 aliphatic heterocycles. The average Bonchev–Trinajstić information content (AvgIpc) is 3.45. The molecule has 0 aliphatic carbocycles. The summed E-state index contributed by atoms with van der Waals surface area (Å²) in [5, 5.41) is 0. The lowest BCUT2D eigenvalue weighted by molar-refractivity contribution is 0.306. The van der Waals surface area contributed by atoms with Crippen molar-refractivity contribution in [1.29, 1.82) is 0 Å². The van der Waals surface area contributed by atoms with Crippen LogP contribution < -0.4 is 15.2 Å². The van der Waals surface area contributed by atoms with E-state index in [-0.39, 0.29) is 6.54 Å². The maximum Gasteiger partial charge on any atom is 0.163 e.